The summed E-state index contributed by atoms with van der Waals surface area (Å²) in [6.45, 7) is 0. The minimum Gasteiger partial charge on any atom is -0.592 e. The van der Waals surface area contributed by atoms with Crippen LogP contribution in [0.4, 0.5) is 13.2 Å². The molecule has 1 rings (SSSR count). The van der Waals surface area contributed by atoms with Crippen molar-refractivity contribution in [3.63, 3.8) is 0 Å². The Morgan fingerprint density at radius 3 is 2.06 bits per heavy atom. The summed E-state index contributed by atoms with van der Waals surface area (Å²) in [5.74, 6) is 0. The Labute approximate surface area is 121 Å². The molecule has 1 aromatic rings. The molecule has 0 saturated carbocycles. The number of hydrogen-bond donors (Lipinski definition) is 1. The van der Waals surface area contributed by atoms with Crippen LogP contribution in [0.25, 0.3) is 0 Å². The molecule has 0 saturated heterocycles. The first-order valence-electron chi connectivity index (χ1n) is 3.79. The molecule has 0 spiro atoms. The standard InChI is InChI=1S/C7H6F3NO3S2.Na/c8-7(9,10)16(13,14)11-15(12)6-4-2-1-3-5-6;/h1-5,11H;. The molecule has 1 aromatic carbocycles. The predicted octanol–water partition coefficient (Wildman–Crippen LogP) is 0.768. The second-order valence-corrected chi connectivity index (χ2v) is 5.76. The van der Waals surface area contributed by atoms with Crippen LogP contribution >= 0.6 is 0 Å². The first-order chi connectivity index (χ1) is 7.24. The van der Waals surface area contributed by atoms with Gasteiger partial charge in [-0.05, 0) is 16.3 Å². The summed E-state index contributed by atoms with van der Waals surface area (Å²) in [6.07, 6.45) is 0. The Bertz CT molecular complexity index is 451. The molecule has 0 aliphatic carbocycles. The summed E-state index contributed by atoms with van der Waals surface area (Å²) in [5.41, 5.74) is -5.47. The number of benzene rings is 1. The van der Waals surface area contributed by atoms with Gasteiger partial charge in [0.1, 0.15) is 0 Å². The summed E-state index contributed by atoms with van der Waals surface area (Å²) in [4.78, 5) is -0.0599. The van der Waals surface area contributed by atoms with E-state index in [1.807, 2.05) is 0 Å². The molecule has 1 N–H and O–H groups in total. The van der Waals surface area contributed by atoms with Crippen molar-refractivity contribution in [3.05, 3.63) is 30.3 Å². The molecule has 10 heteroatoms. The predicted molar refractivity (Wildman–Crippen MR) is 56.7 cm³/mol. The Morgan fingerprint density at radius 2 is 1.65 bits per heavy atom. The van der Waals surface area contributed by atoms with Crippen molar-refractivity contribution in [3.8, 4) is 0 Å². The quantitative estimate of drug-likeness (QED) is 0.661. The summed E-state index contributed by atoms with van der Waals surface area (Å²) >= 11 is -2.46. The third kappa shape index (κ3) is 4.78. The maximum Gasteiger partial charge on any atom is 0.515 e. The van der Waals surface area contributed by atoms with Gasteiger partial charge in [-0.25, -0.2) is 0 Å². The molecule has 4 nitrogen and oxygen atoms in total. The minimum atomic E-state index is -5.60. The number of sulfonamides is 1. The number of halogens is 3. The van der Waals surface area contributed by atoms with Crippen LogP contribution in [-0.4, -0.2) is 48.0 Å². The smallest absolute Gasteiger partial charge is 0.515 e. The van der Waals surface area contributed by atoms with Gasteiger partial charge in [0.05, 0.1) is 11.4 Å². The third-order valence-corrected chi connectivity index (χ3v) is 4.24. The zero-order valence-electron chi connectivity index (χ0n) is 8.56. The molecule has 1 radical (unpaired) electrons. The zero-order chi connectivity index (χ0) is 12.4. The summed E-state index contributed by atoms with van der Waals surface area (Å²) < 4.78 is 69.2. The van der Waals surface area contributed by atoms with E-state index >= 15 is 0 Å². The van der Waals surface area contributed by atoms with Crippen LogP contribution in [0, 0.1) is 0 Å². The van der Waals surface area contributed by atoms with E-state index in [2.05, 4.69) is 0 Å². The molecule has 0 fully saturated rings. The van der Waals surface area contributed by atoms with Crippen LogP contribution in [0.1, 0.15) is 0 Å². The SMILES string of the molecule is O=S(=O)(N[S+]([O-])c1ccccc1)C(F)(F)F.[Na]. The minimum absolute atomic E-state index is 0. The summed E-state index contributed by atoms with van der Waals surface area (Å²) in [5, 5.41) is 0. The van der Waals surface area contributed by atoms with Gasteiger partial charge in [0, 0.05) is 29.6 Å². The summed E-state index contributed by atoms with van der Waals surface area (Å²) in [7, 11) is -5.60. The van der Waals surface area contributed by atoms with Crippen molar-refractivity contribution in [1.82, 2.24) is 4.13 Å². The van der Waals surface area contributed by atoms with Gasteiger partial charge in [-0.2, -0.15) is 21.6 Å². The fourth-order valence-electron chi connectivity index (χ4n) is 0.739. The molecule has 0 heterocycles. The van der Waals surface area contributed by atoms with Gasteiger partial charge in [-0.15, -0.1) is 0 Å². The van der Waals surface area contributed by atoms with Crippen LogP contribution in [0.2, 0.25) is 0 Å². The van der Waals surface area contributed by atoms with Crippen LogP contribution in [0.3, 0.4) is 0 Å². The van der Waals surface area contributed by atoms with E-state index in [0.29, 0.717) is 0 Å². The Morgan fingerprint density at radius 1 is 1.18 bits per heavy atom. The van der Waals surface area contributed by atoms with E-state index in [1.54, 1.807) is 6.07 Å². The number of hydrogen-bond acceptors (Lipinski definition) is 3. The average Bonchev–Trinajstić information content (AvgIpc) is 2.16. The van der Waals surface area contributed by atoms with E-state index in [9.17, 15) is 26.1 Å². The van der Waals surface area contributed by atoms with E-state index in [1.165, 1.54) is 24.3 Å². The van der Waals surface area contributed by atoms with E-state index in [4.69, 9.17) is 0 Å². The molecule has 0 bridgehead atoms. The van der Waals surface area contributed by atoms with Crippen LogP contribution in [0.15, 0.2) is 35.2 Å². The molecule has 1 atom stereocenters. The largest absolute Gasteiger partial charge is 0.592 e. The molecule has 0 amide bonds. The monoisotopic (exact) mass is 296 g/mol. The van der Waals surface area contributed by atoms with Gasteiger partial charge in [-0.1, -0.05) is 18.2 Å². The summed E-state index contributed by atoms with van der Waals surface area (Å²) in [6, 6.07) is 6.90. The van der Waals surface area contributed by atoms with Gasteiger partial charge in [0.25, 0.3) is 0 Å². The third-order valence-electron chi connectivity index (χ3n) is 1.45. The fraction of sp³-hybridized carbons (Fsp3) is 0.143. The maximum atomic E-state index is 11.9. The van der Waals surface area contributed by atoms with Gasteiger partial charge < -0.3 is 4.55 Å². The zero-order valence-corrected chi connectivity index (χ0v) is 12.2. The second kappa shape index (κ2) is 6.41. The first kappa shape index (κ1) is 17.2. The van der Waals surface area contributed by atoms with Gasteiger partial charge in [0.2, 0.25) is 0 Å². The second-order valence-electron chi connectivity index (χ2n) is 2.61. The van der Waals surface area contributed by atoms with E-state index < -0.39 is 26.9 Å². The molecule has 1 unspecified atom stereocenters. The fourth-order valence-corrected chi connectivity index (χ4v) is 2.70. The first-order valence-corrected chi connectivity index (χ1v) is 6.43. The average molecular weight is 296 g/mol. The Balaban J connectivity index is 0.00000256. The van der Waals surface area contributed by atoms with Crippen LogP contribution in [-0.2, 0) is 21.4 Å². The molecule has 0 aliphatic rings. The molecule has 91 valence electrons. The van der Waals surface area contributed by atoms with Crippen molar-refractivity contribution in [1.29, 1.82) is 0 Å². The molecule has 0 aromatic heterocycles. The van der Waals surface area contributed by atoms with Crippen molar-refractivity contribution >= 4 is 50.9 Å². The van der Waals surface area contributed by atoms with Crippen LogP contribution in [0.5, 0.6) is 0 Å². The van der Waals surface area contributed by atoms with Crippen molar-refractivity contribution in [2.45, 2.75) is 10.4 Å². The molecule has 17 heavy (non-hydrogen) atoms. The van der Waals surface area contributed by atoms with Crippen LogP contribution < -0.4 is 4.13 Å². The van der Waals surface area contributed by atoms with Gasteiger partial charge in [-0.3, -0.25) is 0 Å². The van der Waals surface area contributed by atoms with Gasteiger partial charge >= 0.3 is 15.5 Å². The molecular formula is C7H6F3NNaO3S2. The maximum absolute atomic E-state index is 11.9. The van der Waals surface area contributed by atoms with Crippen molar-refractivity contribution in [2.75, 3.05) is 0 Å². The number of alkyl halides is 3. The molecular weight excluding hydrogens is 290 g/mol. The number of nitrogens with one attached hydrogen (secondary N) is 1. The number of rotatable bonds is 3. The topological polar surface area (TPSA) is 69.2 Å². The van der Waals surface area contributed by atoms with Crippen molar-refractivity contribution in [2.24, 2.45) is 0 Å². The Hall–Kier alpha value is 0.230. The van der Waals surface area contributed by atoms with Gasteiger partial charge in [0.15, 0.2) is 4.90 Å². The Kier molecular flexibility index (Phi) is 6.50. The normalized spacial score (nSPS) is 13.9. The van der Waals surface area contributed by atoms with E-state index in [-0.39, 0.29) is 34.5 Å². The molecule has 0 aliphatic heterocycles. The van der Waals surface area contributed by atoms with Crippen molar-refractivity contribution < 1.29 is 26.1 Å². The van der Waals surface area contributed by atoms with E-state index in [0.717, 1.165) is 4.13 Å².